The fourth-order valence-corrected chi connectivity index (χ4v) is 0.817. The molecular formula is C7H10O3. The van der Waals surface area contributed by atoms with E-state index in [1.54, 1.807) is 6.08 Å². The van der Waals surface area contributed by atoms with Gasteiger partial charge in [-0.25, -0.2) is 0 Å². The van der Waals surface area contributed by atoms with Crippen molar-refractivity contribution in [3.05, 3.63) is 23.8 Å². The lowest BCUT2D eigenvalue weighted by atomic mass is 10.1. The van der Waals surface area contributed by atoms with Gasteiger partial charge in [-0.05, 0) is 6.42 Å². The molecule has 1 aliphatic carbocycles. The van der Waals surface area contributed by atoms with Crippen LogP contribution in [0.25, 0.3) is 0 Å². The van der Waals surface area contributed by atoms with Gasteiger partial charge < -0.3 is 15.3 Å². The van der Waals surface area contributed by atoms with Gasteiger partial charge in [0.1, 0.15) is 0 Å². The Morgan fingerprint density at radius 2 is 2.20 bits per heavy atom. The maximum Gasteiger partial charge on any atom is 0.178 e. The zero-order valence-electron chi connectivity index (χ0n) is 5.44. The van der Waals surface area contributed by atoms with Crippen molar-refractivity contribution in [3.63, 3.8) is 0 Å². The lowest BCUT2D eigenvalue weighted by molar-refractivity contribution is -0.00562. The van der Waals surface area contributed by atoms with E-state index in [1.807, 2.05) is 0 Å². The molecule has 0 spiro atoms. The highest BCUT2D eigenvalue weighted by atomic mass is 16.5. The van der Waals surface area contributed by atoms with Gasteiger partial charge in [-0.3, -0.25) is 0 Å². The molecule has 3 nitrogen and oxygen atoms in total. The van der Waals surface area contributed by atoms with Gasteiger partial charge in [0.15, 0.2) is 6.29 Å². The Kier molecular flexibility index (Phi) is 2.21. The van der Waals surface area contributed by atoms with E-state index in [-0.39, 0.29) is 0 Å². The van der Waals surface area contributed by atoms with Crippen molar-refractivity contribution in [1.82, 2.24) is 0 Å². The number of aliphatic hydroxyl groups excluding tert-OH is 2. The zero-order valence-corrected chi connectivity index (χ0v) is 5.44. The minimum Gasteiger partial charge on any atom is -0.389 e. The standard InChI is InChI=1S/C7H10O3/c8-6-3-1-5(2-4-6)7(9)10/h1-3,6-10H,4H2. The topological polar surface area (TPSA) is 60.7 Å². The summed E-state index contributed by atoms with van der Waals surface area (Å²) in [5.74, 6) is 0. The molecule has 0 aliphatic heterocycles. The number of hydrogen-bond acceptors (Lipinski definition) is 3. The molecule has 0 aromatic rings. The molecular weight excluding hydrogens is 132 g/mol. The molecule has 0 fully saturated rings. The van der Waals surface area contributed by atoms with Gasteiger partial charge in [-0.1, -0.05) is 18.2 Å². The molecule has 0 saturated heterocycles. The van der Waals surface area contributed by atoms with Crippen LogP contribution in [-0.4, -0.2) is 27.7 Å². The highest BCUT2D eigenvalue weighted by Gasteiger charge is 2.08. The van der Waals surface area contributed by atoms with Crippen LogP contribution in [0.4, 0.5) is 0 Å². The van der Waals surface area contributed by atoms with E-state index in [0.717, 1.165) is 0 Å². The normalized spacial score (nSPS) is 25.2. The van der Waals surface area contributed by atoms with Crippen LogP contribution in [0.3, 0.4) is 0 Å². The third-order valence-corrected chi connectivity index (χ3v) is 1.40. The van der Waals surface area contributed by atoms with Gasteiger partial charge in [0.05, 0.1) is 6.10 Å². The Balaban J connectivity index is 2.59. The van der Waals surface area contributed by atoms with E-state index in [2.05, 4.69) is 0 Å². The third-order valence-electron chi connectivity index (χ3n) is 1.40. The van der Waals surface area contributed by atoms with Crippen LogP contribution in [0.15, 0.2) is 23.8 Å². The van der Waals surface area contributed by atoms with Crippen LogP contribution in [0.2, 0.25) is 0 Å². The first-order valence-electron chi connectivity index (χ1n) is 3.12. The summed E-state index contributed by atoms with van der Waals surface area (Å²) in [6.45, 7) is 0. The van der Waals surface area contributed by atoms with Crippen LogP contribution in [-0.2, 0) is 0 Å². The average molecular weight is 142 g/mol. The van der Waals surface area contributed by atoms with Crippen LogP contribution >= 0.6 is 0 Å². The monoisotopic (exact) mass is 142 g/mol. The van der Waals surface area contributed by atoms with Crippen LogP contribution in [0.1, 0.15) is 6.42 Å². The second kappa shape index (κ2) is 2.96. The summed E-state index contributed by atoms with van der Waals surface area (Å²) < 4.78 is 0. The Morgan fingerprint density at radius 3 is 2.60 bits per heavy atom. The SMILES string of the molecule is OC1C=CC(C(O)O)=CC1. The van der Waals surface area contributed by atoms with Crippen LogP contribution < -0.4 is 0 Å². The van der Waals surface area contributed by atoms with Gasteiger partial charge >= 0.3 is 0 Å². The van der Waals surface area contributed by atoms with Crippen molar-refractivity contribution in [2.24, 2.45) is 0 Å². The quantitative estimate of drug-likeness (QED) is 0.434. The van der Waals surface area contributed by atoms with Crippen molar-refractivity contribution in [1.29, 1.82) is 0 Å². The number of hydrogen-bond donors (Lipinski definition) is 3. The molecule has 0 aromatic heterocycles. The van der Waals surface area contributed by atoms with Gasteiger partial charge in [0.25, 0.3) is 0 Å². The maximum absolute atomic E-state index is 8.91. The molecule has 1 rings (SSSR count). The van der Waals surface area contributed by atoms with E-state index in [4.69, 9.17) is 15.3 Å². The van der Waals surface area contributed by atoms with Crippen molar-refractivity contribution < 1.29 is 15.3 Å². The summed E-state index contributed by atoms with van der Waals surface area (Å²) in [5, 5.41) is 26.1. The molecule has 3 N–H and O–H groups in total. The largest absolute Gasteiger partial charge is 0.389 e. The van der Waals surface area contributed by atoms with Gasteiger partial charge in [-0.15, -0.1) is 0 Å². The second-order valence-electron chi connectivity index (χ2n) is 2.24. The van der Waals surface area contributed by atoms with Gasteiger partial charge in [0, 0.05) is 5.57 Å². The first-order valence-corrected chi connectivity index (χ1v) is 3.12. The smallest absolute Gasteiger partial charge is 0.178 e. The first kappa shape index (κ1) is 7.47. The summed E-state index contributed by atoms with van der Waals surface area (Å²) in [4.78, 5) is 0. The molecule has 0 bridgehead atoms. The van der Waals surface area contributed by atoms with E-state index in [9.17, 15) is 0 Å². The van der Waals surface area contributed by atoms with Crippen molar-refractivity contribution >= 4 is 0 Å². The Bertz CT molecular complexity index is 170. The molecule has 0 saturated carbocycles. The summed E-state index contributed by atoms with van der Waals surface area (Å²) in [6, 6.07) is 0. The summed E-state index contributed by atoms with van der Waals surface area (Å²) in [6.07, 6.45) is 3.23. The summed E-state index contributed by atoms with van der Waals surface area (Å²) in [7, 11) is 0. The molecule has 1 unspecified atom stereocenters. The lowest BCUT2D eigenvalue weighted by Crippen LogP contribution is -2.12. The Morgan fingerprint density at radius 1 is 1.50 bits per heavy atom. The fraction of sp³-hybridized carbons (Fsp3) is 0.429. The average Bonchev–Trinajstić information content (AvgIpc) is 1.88. The highest BCUT2D eigenvalue weighted by molar-refractivity contribution is 5.25. The highest BCUT2D eigenvalue weighted by Crippen LogP contribution is 2.11. The molecule has 0 radical (unpaired) electrons. The number of rotatable bonds is 1. The predicted octanol–water partition coefficient (Wildman–Crippen LogP) is -0.456. The molecule has 0 heterocycles. The van der Waals surface area contributed by atoms with E-state index >= 15 is 0 Å². The molecule has 1 atom stereocenters. The Hall–Kier alpha value is -0.640. The number of aliphatic hydroxyl groups is 3. The fourth-order valence-electron chi connectivity index (χ4n) is 0.817. The first-order chi connectivity index (χ1) is 4.70. The lowest BCUT2D eigenvalue weighted by Gasteiger charge is -2.11. The predicted molar refractivity (Wildman–Crippen MR) is 36.1 cm³/mol. The zero-order chi connectivity index (χ0) is 7.56. The Labute approximate surface area is 58.9 Å². The van der Waals surface area contributed by atoms with E-state index < -0.39 is 12.4 Å². The van der Waals surface area contributed by atoms with E-state index in [1.165, 1.54) is 12.2 Å². The molecule has 0 amide bonds. The third kappa shape index (κ3) is 1.67. The van der Waals surface area contributed by atoms with Gasteiger partial charge in [0.2, 0.25) is 0 Å². The molecule has 1 aliphatic rings. The van der Waals surface area contributed by atoms with Crippen molar-refractivity contribution in [2.75, 3.05) is 0 Å². The second-order valence-corrected chi connectivity index (χ2v) is 2.24. The van der Waals surface area contributed by atoms with Crippen molar-refractivity contribution in [3.8, 4) is 0 Å². The molecule has 3 heteroatoms. The van der Waals surface area contributed by atoms with Crippen LogP contribution in [0.5, 0.6) is 0 Å². The molecule has 0 aromatic carbocycles. The molecule has 56 valence electrons. The van der Waals surface area contributed by atoms with E-state index in [0.29, 0.717) is 12.0 Å². The summed E-state index contributed by atoms with van der Waals surface area (Å²) >= 11 is 0. The minimum absolute atomic E-state index is 0.449. The van der Waals surface area contributed by atoms with Crippen LogP contribution in [0, 0.1) is 0 Å². The summed E-state index contributed by atoms with van der Waals surface area (Å²) in [5.41, 5.74) is 0.449. The van der Waals surface area contributed by atoms with Crippen molar-refractivity contribution in [2.45, 2.75) is 18.8 Å². The molecule has 10 heavy (non-hydrogen) atoms. The minimum atomic E-state index is -1.41. The maximum atomic E-state index is 8.91. The van der Waals surface area contributed by atoms with Gasteiger partial charge in [-0.2, -0.15) is 0 Å².